The average molecular weight is 661 g/mol. The number of para-hydroxylation sites is 2. The minimum atomic E-state index is -0.756. The molecule has 8 nitrogen and oxygen atoms in total. The summed E-state index contributed by atoms with van der Waals surface area (Å²) in [5, 5.41) is 1.42. The van der Waals surface area contributed by atoms with E-state index in [0.717, 1.165) is 50.9 Å². The maximum Gasteiger partial charge on any atom is 0.329 e. The van der Waals surface area contributed by atoms with Gasteiger partial charge in [0.15, 0.2) is 11.5 Å². The first kappa shape index (κ1) is 29.5. The Morgan fingerprint density at radius 1 is 1.06 bits per heavy atom. The smallest absolute Gasteiger partial charge is 0.329 e. The molecule has 1 spiro atoms. The van der Waals surface area contributed by atoms with Gasteiger partial charge in [0.2, 0.25) is 0 Å². The van der Waals surface area contributed by atoms with Gasteiger partial charge in [-0.1, -0.05) is 48.0 Å². The molecule has 8 aliphatic heterocycles. The molecule has 0 N–H and O–H groups in total. The number of nitrogens with zero attached hydrogens (tertiary/aromatic N) is 4. The number of anilines is 1. The van der Waals surface area contributed by atoms with E-state index in [-0.39, 0.29) is 29.3 Å². The van der Waals surface area contributed by atoms with Crippen molar-refractivity contribution in [3.63, 3.8) is 0 Å². The summed E-state index contributed by atoms with van der Waals surface area (Å²) in [6.45, 7) is 7.02. The highest BCUT2D eigenvalue weighted by Crippen LogP contribution is 2.72. The van der Waals surface area contributed by atoms with Crippen LogP contribution < -0.4 is 4.90 Å². The lowest BCUT2D eigenvalue weighted by Gasteiger charge is -2.72. The van der Waals surface area contributed by atoms with Gasteiger partial charge in [0.1, 0.15) is 6.04 Å². The molecule has 0 aliphatic carbocycles. The minimum Gasteiger partial charge on any atom is -0.467 e. The lowest BCUT2D eigenvalue weighted by Crippen LogP contribution is -2.85. The Bertz CT molecular complexity index is 1970. The summed E-state index contributed by atoms with van der Waals surface area (Å²) in [6.07, 6.45) is 7.36. The molecule has 0 amide bonds. The van der Waals surface area contributed by atoms with Gasteiger partial charge in [-0.25, -0.2) is 4.79 Å². The summed E-state index contributed by atoms with van der Waals surface area (Å²) in [6, 6.07) is 18.5. The standard InChI is InChI=1S/C41H48N4O4/c1-6-23-21-44-16-15-40-20-30-26-17-34-36-27(24-11-7-9-13-31(24)43(36)4)18-33(42(34)3)28(26)22-48-39(30,2)49-41(40)35(44)19-25(23)37(38(46)47-5)45(41)32-14-10-8-12-29(32)40/h6-14,25-26,28,30,33-35,37H,15-22H2,1-5H3/t25-,26-,28-,30+,33+,34-,35+,37-,39+,40+,41+/m1/s1. The first-order chi connectivity index (χ1) is 23.8. The maximum absolute atomic E-state index is 14.0. The Balaban J connectivity index is 1.07. The molecule has 9 heterocycles. The van der Waals surface area contributed by atoms with Gasteiger partial charge in [0.05, 0.1) is 25.8 Å². The Morgan fingerprint density at radius 3 is 2.71 bits per heavy atom. The third-order valence-corrected chi connectivity index (χ3v) is 15.5. The number of benzene rings is 2. The molecule has 49 heavy (non-hydrogen) atoms. The van der Waals surface area contributed by atoms with Crippen molar-refractivity contribution < 1.29 is 19.0 Å². The number of carbonyl (C=O) groups excluding carboxylic acids is 1. The molecule has 1 aromatic heterocycles. The number of carbonyl (C=O) groups is 1. The molecule has 4 bridgehead atoms. The zero-order valence-electron chi connectivity index (χ0n) is 29.4. The number of esters is 1. The number of aryl methyl sites for hydroxylation is 1. The summed E-state index contributed by atoms with van der Waals surface area (Å²) in [7, 11) is 6.19. The lowest BCUT2D eigenvalue weighted by atomic mass is 9.52. The van der Waals surface area contributed by atoms with Gasteiger partial charge in [-0.05, 0) is 82.2 Å². The van der Waals surface area contributed by atoms with Crippen LogP contribution in [-0.2, 0) is 37.9 Å². The molecule has 256 valence electrons. The number of piperidine rings is 4. The summed E-state index contributed by atoms with van der Waals surface area (Å²) in [4.78, 5) is 21.8. The van der Waals surface area contributed by atoms with E-state index < -0.39 is 17.6 Å². The highest BCUT2D eigenvalue weighted by atomic mass is 16.7. The molecule has 0 unspecified atom stereocenters. The van der Waals surface area contributed by atoms with Crippen molar-refractivity contribution in [1.82, 2.24) is 14.4 Å². The van der Waals surface area contributed by atoms with E-state index >= 15 is 0 Å². The van der Waals surface area contributed by atoms with E-state index in [1.165, 1.54) is 27.7 Å². The number of allylic oxidation sites excluding steroid dienone is 1. The van der Waals surface area contributed by atoms with Crippen molar-refractivity contribution >= 4 is 22.6 Å². The average Bonchev–Trinajstić information content (AvgIpc) is 3.53. The second-order valence-electron chi connectivity index (χ2n) is 16.8. The van der Waals surface area contributed by atoms with E-state index in [2.05, 4.69) is 102 Å². The Morgan fingerprint density at radius 2 is 1.88 bits per heavy atom. The highest BCUT2D eigenvalue weighted by molar-refractivity contribution is 5.87. The van der Waals surface area contributed by atoms with E-state index in [0.29, 0.717) is 30.5 Å². The fraction of sp³-hybridized carbons (Fsp3) is 0.585. The van der Waals surface area contributed by atoms with Crippen molar-refractivity contribution in [3.8, 4) is 0 Å². The molecule has 2 aromatic carbocycles. The molecule has 3 aromatic rings. The maximum atomic E-state index is 14.0. The van der Waals surface area contributed by atoms with Gasteiger partial charge in [0.25, 0.3) is 0 Å². The third-order valence-electron chi connectivity index (χ3n) is 15.5. The second kappa shape index (κ2) is 9.58. The van der Waals surface area contributed by atoms with Crippen LogP contribution in [0.15, 0.2) is 60.2 Å². The van der Waals surface area contributed by atoms with Gasteiger partial charge < -0.3 is 23.7 Å². The van der Waals surface area contributed by atoms with Crippen LogP contribution in [0.4, 0.5) is 5.69 Å². The van der Waals surface area contributed by atoms with Crippen LogP contribution in [0, 0.1) is 23.7 Å². The summed E-state index contributed by atoms with van der Waals surface area (Å²) < 4.78 is 23.3. The monoisotopic (exact) mass is 660 g/mol. The van der Waals surface area contributed by atoms with E-state index in [1.807, 2.05) is 0 Å². The molecule has 8 aliphatic rings. The first-order valence-corrected chi connectivity index (χ1v) is 18.7. The highest BCUT2D eigenvalue weighted by Gasteiger charge is 2.80. The van der Waals surface area contributed by atoms with Crippen molar-refractivity contribution in [1.29, 1.82) is 0 Å². The molecule has 11 atom stereocenters. The van der Waals surface area contributed by atoms with Crippen LogP contribution in [0.1, 0.15) is 62.4 Å². The summed E-state index contributed by atoms with van der Waals surface area (Å²) in [5.74, 6) is 0.357. The minimum absolute atomic E-state index is 0.0975. The van der Waals surface area contributed by atoms with E-state index in [4.69, 9.17) is 14.2 Å². The number of likely N-dealkylation sites (N-methyl/N-ethyl adjacent to an activating group) is 1. The van der Waals surface area contributed by atoms with Crippen LogP contribution in [0.3, 0.4) is 0 Å². The van der Waals surface area contributed by atoms with E-state index in [1.54, 1.807) is 12.7 Å². The van der Waals surface area contributed by atoms with Crippen molar-refractivity contribution in [2.45, 2.75) is 87.0 Å². The molecule has 6 saturated heterocycles. The molecular formula is C41H48N4O4. The van der Waals surface area contributed by atoms with Crippen LogP contribution >= 0.6 is 0 Å². The van der Waals surface area contributed by atoms with Gasteiger partial charge >= 0.3 is 5.97 Å². The molecule has 6 fully saturated rings. The Kier molecular flexibility index (Phi) is 5.78. The second-order valence-corrected chi connectivity index (χ2v) is 16.8. The van der Waals surface area contributed by atoms with Gasteiger partial charge in [-0.3, -0.25) is 9.80 Å². The molecule has 0 radical (unpaired) electrons. The third kappa shape index (κ3) is 3.26. The lowest BCUT2D eigenvalue weighted by molar-refractivity contribution is -0.401. The quantitative estimate of drug-likeness (QED) is 0.251. The number of aromatic nitrogens is 1. The topological polar surface area (TPSA) is 59.4 Å². The van der Waals surface area contributed by atoms with Crippen molar-refractivity contribution in [3.05, 3.63) is 77.0 Å². The van der Waals surface area contributed by atoms with Crippen LogP contribution in [0.2, 0.25) is 0 Å². The predicted molar refractivity (Wildman–Crippen MR) is 187 cm³/mol. The molecule has 8 heteroatoms. The van der Waals surface area contributed by atoms with Crippen LogP contribution in [0.5, 0.6) is 0 Å². The zero-order valence-corrected chi connectivity index (χ0v) is 29.4. The fourth-order valence-corrected chi connectivity index (χ4v) is 13.5. The fourth-order valence-electron chi connectivity index (χ4n) is 13.5. The summed E-state index contributed by atoms with van der Waals surface area (Å²) in [5.41, 5.74) is 7.33. The van der Waals surface area contributed by atoms with Crippen LogP contribution in [0.25, 0.3) is 10.9 Å². The Labute approximate surface area is 288 Å². The number of hydrogen-bond acceptors (Lipinski definition) is 7. The number of rotatable bonds is 1. The van der Waals surface area contributed by atoms with Crippen LogP contribution in [-0.4, -0.2) is 83.8 Å². The first-order valence-electron chi connectivity index (χ1n) is 18.7. The SMILES string of the molecule is CC=C1CN2CC[C@@]34C[C@H]5[C@@H]6C[C@@H]7c8c(c9ccccc9n8C)C[C@@H]([C@@H]6CO[C@@]5(C)O[C@@]35[C@@H]2C[C@H]1[C@H](C(=O)OC)N5c1ccccc14)N7C. The zero-order chi connectivity index (χ0) is 33.2. The number of ether oxygens (including phenoxy) is 3. The van der Waals surface area contributed by atoms with Gasteiger partial charge in [-0.2, -0.15) is 0 Å². The normalized spacial score (nSPS) is 43.8. The predicted octanol–water partition coefficient (Wildman–Crippen LogP) is 5.54. The molecule has 0 saturated carbocycles. The summed E-state index contributed by atoms with van der Waals surface area (Å²) >= 11 is 0. The molecule has 11 rings (SSSR count). The van der Waals surface area contributed by atoms with E-state index in [9.17, 15) is 4.79 Å². The molecular weight excluding hydrogens is 612 g/mol. The number of methoxy groups -OCH3 is 1. The van der Waals surface area contributed by atoms with Gasteiger partial charge in [-0.15, -0.1) is 0 Å². The van der Waals surface area contributed by atoms with Gasteiger partial charge in [0, 0.05) is 71.6 Å². The number of hydrogen-bond donors (Lipinski definition) is 0. The largest absolute Gasteiger partial charge is 0.467 e. The Hall–Kier alpha value is -3.17. The number of fused-ring (bicyclic) bond motifs is 13. The van der Waals surface area contributed by atoms with Crippen molar-refractivity contribution in [2.24, 2.45) is 30.7 Å². The van der Waals surface area contributed by atoms with Crippen molar-refractivity contribution in [2.75, 3.05) is 38.8 Å².